The SMILES string of the molecule is CCc1c(C)nc(-c2cccc(Cl)c2Cl)nc1NN. The van der Waals surface area contributed by atoms with Gasteiger partial charge >= 0.3 is 0 Å². The van der Waals surface area contributed by atoms with Crippen molar-refractivity contribution in [2.45, 2.75) is 20.3 Å². The Morgan fingerprint density at radius 2 is 2.00 bits per heavy atom. The summed E-state index contributed by atoms with van der Waals surface area (Å²) in [6.07, 6.45) is 0.801. The number of hydrogen-bond donors (Lipinski definition) is 2. The van der Waals surface area contributed by atoms with E-state index >= 15 is 0 Å². The molecular weight excluding hydrogens is 283 g/mol. The third-order valence-corrected chi connectivity index (χ3v) is 3.72. The van der Waals surface area contributed by atoms with E-state index in [9.17, 15) is 0 Å². The lowest BCUT2D eigenvalue weighted by Crippen LogP contribution is -2.13. The van der Waals surface area contributed by atoms with E-state index in [1.165, 1.54) is 0 Å². The Bertz CT molecular complexity index is 614. The van der Waals surface area contributed by atoms with Crippen LogP contribution in [0, 0.1) is 6.92 Å². The molecule has 0 unspecified atom stereocenters. The summed E-state index contributed by atoms with van der Waals surface area (Å²) < 4.78 is 0. The molecule has 1 aromatic carbocycles. The molecule has 100 valence electrons. The molecule has 0 bridgehead atoms. The Hall–Kier alpha value is -1.36. The third kappa shape index (κ3) is 2.66. The Morgan fingerprint density at radius 1 is 1.26 bits per heavy atom. The Balaban J connectivity index is 2.63. The minimum Gasteiger partial charge on any atom is -0.308 e. The smallest absolute Gasteiger partial charge is 0.163 e. The fraction of sp³-hybridized carbons (Fsp3) is 0.231. The van der Waals surface area contributed by atoms with E-state index in [0.717, 1.165) is 17.7 Å². The van der Waals surface area contributed by atoms with E-state index in [1.807, 2.05) is 26.0 Å². The number of aromatic nitrogens is 2. The zero-order chi connectivity index (χ0) is 14.0. The zero-order valence-electron chi connectivity index (χ0n) is 10.7. The van der Waals surface area contributed by atoms with Gasteiger partial charge in [-0.2, -0.15) is 0 Å². The number of rotatable bonds is 3. The van der Waals surface area contributed by atoms with E-state index in [-0.39, 0.29) is 0 Å². The van der Waals surface area contributed by atoms with Gasteiger partial charge in [0.2, 0.25) is 0 Å². The van der Waals surface area contributed by atoms with Crippen LogP contribution in [0.15, 0.2) is 18.2 Å². The first-order valence-electron chi connectivity index (χ1n) is 5.87. The highest BCUT2D eigenvalue weighted by atomic mass is 35.5. The number of hydrogen-bond acceptors (Lipinski definition) is 4. The molecule has 0 aliphatic rings. The van der Waals surface area contributed by atoms with Crippen molar-refractivity contribution in [3.63, 3.8) is 0 Å². The second-order valence-electron chi connectivity index (χ2n) is 4.06. The topological polar surface area (TPSA) is 63.8 Å². The van der Waals surface area contributed by atoms with Crippen LogP contribution in [0.3, 0.4) is 0 Å². The van der Waals surface area contributed by atoms with Crippen LogP contribution < -0.4 is 11.3 Å². The van der Waals surface area contributed by atoms with E-state index in [1.54, 1.807) is 6.07 Å². The number of nitrogen functional groups attached to an aromatic ring is 1. The number of nitrogens with two attached hydrogens (primary N) is 1. The number of aryl methyl sites for hydroxylation is 1. The number of nitrogens with one attached hydrogen (secondary N) is 1. The highest BCUT2D eigenvalue weighted by molar-refractivity contribution is 6.43. The molecular formula is C13H14Cl2N4. The molecule has 0 amide bonds. The number of hydrazine groups is 1. The summed E-state index contributed by atoms with van der Waals surface area (Å²) in [5.74, 6) is 6.63. The molecule has 0 aliphatic carbocycles. The molecule has 0 fully saturated rings. The Morgan fingerprint density at radius 3 is 2.63 bits per heavy atom. The average Bonchev–Trinajstić information content (AvgIpc) is 2.40. The molecule has 4 nitrogen and oxygen atoms in total. The van der Waals surface area contributed by atoms with Gasteiger partial charge in [0, 0.05) is 16.8 Å². The van der Waals surface area contributed by atoms with Gasteiger partial charge in [-0.1, -0.05) is 36.2 Å². The van der Waals surface area contributed by atoms with Gasteiger partial charge in [0.1, 0.15) is 5.82 Å². The normalized spacial score (nSPS) is 10.6. The van der Waals surface area contributed by atoms with Gasteiger partial charge in [-0.15, -0.1) is 0 Å². The lowest BCUT2D eigenvalue weighted by molar-refractivity contribution is 0.995. The molecule has 1 heterocycles. The van der Waals surface area contributed by atoms with Gasteiger partial charge in [0.15, 0.2) is 5.82 Å². The van der Waals surface area contributed by atoms with Crippen LogP contribution in [0.5, 0.6) is 0 Å². The highest BCUT2D eigenvalue weighted by Gasteiger charge is 2.14. The number of benzene rings is 1. The van der Waals surface area contributed by atoms with Crippen molar-refractivity contribution in [2.75, 3.05) is 5.43 Å². The largest absolute Gasteiger partial charge is 0.308 e. The second-order valence-corrected chi connectivity index (χ2v) is 4.84. The first-order chi connectivity index (χ1) is 9.08. The van der Waals surface area contributed by atoms with Crippen molar-refractivity contribution in [3.8, 4) is 11.4 Å². The quantitative estimate of drug-likeness (QED) is 0.671. The molecule has 0 aliphatic heterocycles. The number of anilines is 1. The van der Waals surface area contributed by atoms with Gasteiger partial charge in [0.25, 0.3) is 0 Å². The molecule has 19 heavy (non-hydrogen) atoms. The van der Waals surface area contributed by atoms with Crippen molar-refractivity contribution in [1.82, 2.24) is 9.97 Å². The summed E-state index contributed by atoms with van der Waals surface area (Å²) in [6, 6.07) is 5.36. The first-order valence-corrected chi connectivity index (χ1v) is 6.62. The van der Waals surface area contributed by atoms with Crippen LogP contribution in [-0.4, -0.2) is 9.97 Å². The maximum Gasteiger partial charge on any atom is 0.163 e. The minimum atomic E-state index is 0.441. The second kappa shape index (κ2) is 5.74. The summed E-state index contributed by atoms with van der Waals surface area (Å²) in [6.45, 7) is 3.95. The van der Waals surface area contributed by atoms with Crippen LogP contribution in [0.2, 0.25) is 10.0 Å². The van der Waals surface area contributed by atoms with Gasteiger partial charge in [0.05, 0.1) is 10.0 Å². The van der Waals surface area contributed by atoms with Crippen molar-refractivity contribution in [1.29, 1.82) is 0 Å². The summed E-state index contributed by atoms with van der Waals surface area (Å²) >= 11 is 12.2. The molecule has 2 rings (SSSR count). The Kier molecular flexibility index (Phi) is 4.24. The average molecular weight is 297 g/mol. The van der Waals surface area contributed by atoms with E-state index in [2.05, 4.69) is 15.4 Å². The van der Waals surface area contributed by atoms with Crippen molar-refractivity contribution >= 4 is 29.0 Å². The first kappa shape index (κ1) is 14.1. The van der Waals surface area contributed by atoms with Crippen molar-refractivity contribution < 1.29 is 0 Å². The Labute approximate surface area is 121 Å². The molecule has 2 aromatic rings. The van der Waals surface area contributed by atoms with Crippen molar-refractivity contribution in [2.24, 2.45) is 5.84 Å². The fourth-order valence-corrected chi connectivity index (χ4v) is 2.32. The van der Waals surface area contributed by atoms with Crippen LogP contribution >= 0.6 is 23.2 Å². The zero-order valence-corrected chi connectivity index (χ0v) is 12.2. The number of halogens is 2. The molecule has 3 N–H and O–H groups in total. The lowest BCUT2D eigenvalue weighted by Gasteiger charge is -2.12. The van der Waals surface area contributed by atoms with Gasteiger partial charge < -0.3 is 5.43 Å². The fourth-order valence-electron chi connectivity index (χ4n) is 1.94. The molecule has 0 atom stereocenters. The lowest BCUT2D eigenvalue weighted by atomic mass is 10.1. The van der Waals surface area contributed by atoms with Crippen LogP contribution in [0.1, 0.15) is 18.2 Å². The minimum absolute atomic E-state index is 0.441. The summed E-state index contributed by atoms with van der Waals surface area (Å²) in [4.78, 5) is 8.88. The van der Waals surface area contributed by atoms with Crippen LogP contribution in [0.4, 0.5) is 5.82 Å². The van der Waals surface area contributed by atoms with Crippen LogP contribution in [-0.2, 0) is 6.42 Å². The summed E-state index contributed by atoms with van der Waals surface area (Å²) in [5, 5.41) is 0.915. The maximum atomic E-state index is 6.19. The van der Waals surface area contributed by atoms with E-state index in [0.29, 0.717) is 27.3 Å². The van der Waals surface area contributed by atoms with Gasteiger partial charge in [-0.05, 0) is 25.5 Å². The molecule has 0 saturated heterocycles. The number of nitrogens with zero attached hydrogens (tertiary/aromatic N) is 2. The van der Waals surface area contributed by atoms with Crippen molar-refractivity contribution in [3.05, 3.63) is 39.5 Å². The van der Waals surface area contributed by atoms with Crippen LogP contribution in [0.25, 0.3) is 11.4 Å². The molecule has 0 saturated carbocycles. The predicted octanol–water partition coefficient (Wildman–Crippen LogP) is 3.61. The third-order valence-electron chi connectivity index (χ3n) is 2.90. The summed E-state index contributed by atoms with van der Waals surface area (Å²) in [7, 11) is 0. The van der Waals surface area contributed by atoms with E-state index < -0.39 is 0 Å². The molecule has 0 spiro atoms. The van der Waals surface area contributed by atoms with Gasteiger partial charge in [-0.3, -0.25) is 0 Å². The maximum absolute atomic E-state index is 6.19. The molecule has 6 heteroatoms. The molecule has 1 aromatic heterocycles. The molecule has 0 radical (unpaired) electrons. The predicted molar refractivity (Wildman–Crippen MR) is 79.4 cm³/mol. The summed E-state index contributed by atoms with van der Waals surface area (Å²) in [5.41, 5.74) is 5.16. The monoisotopic (exact) mass is 296 g/mol. The van der Waals surface area contributed by atoms with E-state index in [4.69, 9.17) is 29.0 Å². The standard InChI is InChI=1S/C13H14Cl2N4/c1-3-8-7(2)17-12(18-13(8)19-16)9-5-4-6-10(14)11(9)15/h4-6H,3,16H2,1-2H3,(H,17,18,19). The highest BCUT2D eigenvalue weighted by Crippen LogP contribution is 2.32. The van der Waals surface area contributed by atoms with Gasteiger partial charge in [-0.25, -0.2) is 15.8 Å².